The SMILES string of the molecule is COC(=O)C(CNCCN(C)C)NC(C)=O. The van der Waals surface area contributed by atoms with Crippen molar-refractivity contribution in [2.45, 2.75) is 13.0 Å². The van der Waals surface area contributed by atoms with E-state index in [1.54, 1.807) is 0 Å². The van der Waals surface area contributed by atoms with Crippen molar-refractivity contribution >= 4 is 11.9 Å². The number of rotatable bonds is 7. The average molecular weight is 231 g/mol. The van der Waals surface area contributed by atoms with Crippen molar-refractivity contribution in [2.75, 3.05) is 40.8 Å². The number of esters is 1. The first-order valence-corrected chi connectivity index (χ1v) is 5.17. The third kappa shape index (κ3) is 7.19. The summed E-state index contributed by atoms with van der Waals surface area (Å²) in [7, 11) is 5.23. The number of carbonyl (C=O) groups is 2. The third-order valence-electron chi connectivity index (χ3n) is 1.95. The molecule has 0 bridgehead atoms. The number of nitrogens with one attached hydrogen (secondary N) is 2. The summed E-state index contributed by atoms with van der Waals surface area (Å²) >= 11 is 0. The molecular formula is C10H21N3O3. The Morgan fingerprint density at radius 2 is 2.00 bits per heavy atom. The molecule has 0 aromatic carbocycles. The number of hydrogen-bond donors (Lipinski definition) is 2. The number of likely N-dealkylation sites (N-methyl/N-ethyl adjacent to an activating group) is 1. The van der Waals surface area contributed by atoms with Gasteiger partial charge in [0.05, 0.1) is 7.11 Å². The Bertz CT molecular complexity index is 231. The first-order valence-electron chi connectivity index (χ1n) is 5.17. The van der Waals surface area contributed by atoms with Gasteiger partial charge in [0.25, 0.3) is 0 Å². The summed E-state index contributed by atoms with van der Waals surface area (Å²) in [6.45, 7) is 3.36. The van der Waals surface area contributed by atoms with Crippen LogP contribution in [0.5, 0.6) is 0 Å². The smallest absolute Gasteiger partial charge is 0.329 e. The summed E-state index contributed by atoms with van der Waals surface area (Å²) in [4.78, 5) is 24.2. The Balaban J connectivity index is 3.92. The van der Waals surface area contributed by atoms with E-state index in [9.17, 15) is 9.59 Å². The molecule has 0 radical (unpaired) electrons. The van der Waals surface area contributed by atoms with E-state index < -0.39 is 12.0 Å². The van der Waals surface area contributed by atoms with E-state index in [0.717, 1.165) is 13.1 Å². The summed E-state index contributed by atoms with van der Waals surface area (Å²) in [5.74, 6) is -0.683. The van der Waals surface area contributed by atoms with Gasteiger partial charge in [-0.05, 0) is 14.1 Å². The summed E-state index contributed by atoms with van der Waals surface area (Å²) in [6.07, 6.45) is 0. The lowest BCUT2D eigenvalue weighted by Gasteiger charge is -2.17. The normalized spacial score (nSPS) is 12.3. The lowest BCUT2D eigenvalue weighted by atomic mass is 10.3. The van der Waals surface area contributed by atoms with E-state index in [0.29, 0.717) is 6.54 Å². The molecule has 6 nitrogen and oxygen atoms in total. The highest BCUT2D eigenvalue weighted by Gasteiger charge is 2.19. The highest BCUT2D eigenvalue weighted by Crippen LogP contribution is 1.87. The fraction of sp³-hybridized carbons (Fsp3) is 0.800. The van der Waals surface area contributed by atoms with E-state index >= 15 is 0 Å². The largest absolute Gasteiger partial charge is 0.467 e. The third-order valence-corrected chi connectivity index (χ3v) is 1.95. The molecule has 0 aliphatic rings. The maximum Gasteiger partial charge on any atom is 0.329 e. The molecule has 1 atom stereocenters. The van der Waals surface area contributed by atoms with Gasteiger partial charge >= 0.3 is 5.97 Å². The predicted octanol–water partition coefficient (Wildman–Crippen LogP) is -1.18. The van der Waals surface area contributed by atoms with Crippen molar-refractivity contribution in [3.05, 3.63) is 0 Å². The van der Waals surface area contributed by atoms with E-state index in [2.05, 4.69) is 15.4 Å². The van der Waals surface area contributed by atoms with Crippen molar-refractivity contribution in [3.63, 3.8) is 0 Å². The topological polar surface area (TPSA) is 70.7 Å². The number of ether oxygens (including phenoxy) is 1. The van der Waals surface area contributed by atoms with Crippen LogP contribution in [0, 0.1) is 0 Å². The molecule has 0 fully saturated rings. The van der Waals surface area contributed by atoms with Gasteiger partial charge in [0, 0.05) is 26.6 Å². The highest BCUT2D eigenvalue weighted by atomic mass is 16.5. The molecular weight excluding hydrogens is 210 g/mol. The molecule has 2 N–H and O–H groups in total. The molecule has 0 saturated heterocycles. The van der Waals surface area contributed by atoms with E-state index in [1.807, 2.05) is 19.0 Å². The summed E-state index contributed by atoms with van der Waals surface area (Å²) in [6, 6.07) is -0.621. The minimum atomic E-state index is -0.621. The van der Waals surface area contributed by atoms with Gasteiger partial charge < -0.3 is 20.3 Å². The van der Waals surface area contributed by atoms with Crippen LogP contribution in [0.4, 0.5) is 0 Å². The fourth-order valence-electron chi connectivity index (χ4n) is 1.13. The van der Waals surface area contributed by atoms with Crippen LogP contribution in [-0.4, -0.2) is 63.7 Å². The molecule has 0 aliphatic heterocycles. The van der Waals surface area contributed by atoms with E-state index in [4.69, 9.17) is 0 Å². The second-order valence-corrected chi connectivity index (χ2v) is 3.78. The highest BCUT2D eigenvalue weighted by molar-refractivity contribution is 5.83. The maximum absolute atomic E-state index is 11.3. The number of methoxy groups -OCH3 is 1. The molecule has 0 aromatic rings. The molecule has 0 aliphatic carbocycles. The van der Waals surface area contributed by atoms with Crippen LogP contribution in [0.15, 0.2) is 0 Å². The first-order chi connectivity index (χ1) is 7.47. The van der Waals surface area contributed by atoms with Gasteiger partial charge in [-0.25, -0.2) is 4.79 Å². The molecule has 0 heterocycles. The second-order valence-electron chi connectivity index (χ2n) is 3.78. The van der Waals surface area contributed by atoms with Crippen LogP contribution in [0.25, 0.3) is 0 Å². The Kier molecular flexibility index (Phi) is 7.49. The molecule has 6 heteroatoms. The Morgan fingerprint density at radius 3 is 2.44 bits per heavy atom. The van der Waals surface area contributed by atoms with Crippen LogP contribution in [-0.2, 0) is 14.3 Å². The van der Waals surface area contributed by atoms with Crippen molar-refractivity contribution in [2.24, 2.45) is 0 Å². The van der Waals surface area contributed by atoms with Crippen LogP contribution < -0.4 is 10.6 Å². The quantitative estimate of drug-likeness (QED) is 0.426. The Labute approximate surface area is 96.3 Å². The summed E-state index contributed by atoms with van der Waals surface area (Å²) in [5, 5.41) is 5.61. The fourth-order valence-corrected chi connectivity index (χ4v) is 1.13. The van der Waals surface area contributed by atoms with Crippen LogP contribution >= 0.6 is 0 Å². The number of hydrogen-bond acceptors (Lipinski definition) is 5. The van der Waals surface area contributed by atoms with Gasteiger partial charge in [-0.1, -0.05) is 0 Å². The van der Waals surface area contributed by atoms with Crippen molar-refractivity contribution < 1.29 is 14.3 Å². The van der Waals surface area contributed by atoms with E-state index in [-0.39, 0.29) is 5.91 Å². The Morgan fingerprint density at radius 1 is 1.38 bits per heavy atom. The molecule has 0 spiro atoms. The molecule has 16 heavy (non-hydrogen) atoms. The average Bonchev–Trinajstić information content (AvgIpc) is 2.20. The van der Waals surface area contributed by atoms with Gasteiger partial charge in [0.1, 0.15) is 6.04 Å². The molecule has 0 aromatic heterocycles. The zero-order chi connectivity index (χ0) is 12.6. The summed E-state index contributed by atoms with van der Waals surface area (Å²) < 4.78 is 4.59. The molecule has 0 saturated carbocycles. The minimum Gasteiger partial charge on any atom is -0.467 e. The van der Waals surface area contributed by atoms with Gasteiger partial charge in [-0.2, -0.15) is 0 Å². The van der Waals surface area contributed by atoms with Gasteiger partial charge in [0.15, 0.2) is 0 Å². The van der Waals surface area contributed by atoms with Gasteiger partial charge in [0.2, 0.25) is 5.91 Å². The molecule has 0 rings (SSSR count). The second kappa shape index (κ2) is 8.06. The van der Waals surface area contributed by atoms with E-state index in [1.165, 1.54) is 14.0 Å². The molecule has 1 unspecified atom stereocenters. The van der Waals surface area contributed by atoms with Crippen molar-refractivity contribution in [3.8, 4) is 0 Å². The van der Waals surface area contributed by atoms with Crippen molar-refractivity contribution in [1.29, 1.82) is 0 Å². The molecule has 1 amide bonds. The minimum absolute atomic E-state index is 0.246. The molecule has 94 valence electrons. The monoisotopic (exact) mass is 231 g/mol. The van der Waals surface area contributed by atoms with Gasteiger partial charge in [-0.3, -0.25) is 4.79 Å². The number of nitrogens with zero attached hydrogens (tertiary/aromatic N) is 1. The zero-order valence-corrected chi connectivity index (χ0v) is 10.4. The van der Waals surface area contributed by atoms with Crippen LogP contribution in [0.2, 0.25) is 0 Å². The zero-order valence-electron chi connectivity index (χ0n) is 10.4. The predicted molar refractivity (Wildman–Crippen MR) is 61.0 cm³/mol. The Hall–Kier alpha value is -1.14. The lowest BCUT2D eigenvalue weighted by Crippen LogP contribution is -2.47. The van der Waals surface area contributed by atoms with Crippen LogP contribution in [0.3, 0.4) is 0 Å². The maximum atomic E-state index is 11.3. The standard InChI is InChI=1S/C10H21N3O3/c1-8(14)12-9(10(15)16-4)7-11-5-6-13(2)3/h9,11H,5-7H2,1-4H3,(H,12,14). The lowest BCUT2D eigenvalue weighted by molar-refractivity contribution is -0.144. The van der Waals surface area contributed by atoms with Crippen molar-refractivity contribution in [1.82, 2.24) is 15.5 Å². The number of amides is 1. The number of carbonyl (C=O) groups excluding carboxylic acids is 2. The van der Waals surface area contributed by atoms with Gasteiger partial charge in [-0.15, -0.1) is 0 Å². The first kappa shape index (κ1) is 14.9. The summed E-state index contributed by atoms with van der Waals surface area (Å²) in [5.41, 5.74) is 0. The van der Waals surface area contributed by atoms with Crippen LogP contribution in [0.1, 0.15) is 6.92 Å².